The third-order valence-electron chi connectivity index (χ3n) is 4.85. The number of amides is 1. The Balaban J connectivity index is 1.82. The molecule has 1 amide bonds. The Morgan fingerprint density at radius 3 is 2.85 bits per heavy atom. The third-order valence-corrected chi connectivity index (χ3v) is 4.85. The van der Waals surface area contributed by atoms with Gasteiger partial charge in [-0.05, 0) is 31.4 Å². The molecule has 1 atom stereocenters. The van der Waals surface area contributed by atoms with E-state index >= 15 is 0 Å². The van der Waals surface area contributed by atoms with Gasteiger partial charge in [-0.3, -0.25) is 9.78 Å². The van der Waals surface area contributed by atoms with Gasteiger partial charge in [0.2, 0.25) is 5.91 Å². The molecule has 2 heterocycles. The second kappa shape index (κ2) is 8.15. The highest BCUT2D eigenvalue weighted by Gasteiger charge is 2.31. The Morgan fingerprint density at radius 2 is 2.11 bits per heavy atom. The van der Waals surface area contributed by atoms with E-state index in [0.29, 0.717) is 13.0 Å². The molecule has 3 rings (SSSR count). The summed E-state index contributed by atoms with van der Waals surface area (Å²) in [6.45, 7) is 2.02. The van der Waals surface area contributed by atoms with E-state index in [9.17, 15) is 18.0 Å². The number of aryl methyl sites for hydroxylation is 1. The predicted octanol–water partition coefficient (Wildman–Crippen LogP) is 4.08. The van der Waals surface area contributed by atoms with E-state index in [4.69, 9.17) is 4.98 Å². The van der Waals surface area contributed by atoms with Crippen LogP contribution in [0.3, 0.4) is 0 Å². The van der Waals surface area contributed by atoms with Crippen LogP contribution in [-0.4, -0.2) is 36.7 Å². The van der Waals surface area contributed by atoms with Crippen LogP contribution in [0, 0.1) is 5.92 Å². The maximum Gasteiger partial charge on any atom is 0.405 e. The highest BCUT2D eigenvalue weighted by molar-refractivity contribution is 5.92. The number of piperidine rings is 1. The van der Waals surface area contributed by atoms with Crippen LogP contribution in [0.2, 0.25) is 0 Å². The van der Waals surface area contributed by atoms with Crippen molar-refractivity contribution >= 4 is 22.5 Å². The van der Waals surface area contributed by atoms with Crippen molar-refractivity contribution in [3.8, 4) is 0 Å². The van der Waals surface area contributed by atoms with E-state index in [-0.39, 0.29) is 0 Å². The molecule has 1 aromatic heterocycles. The smallest absolute Gasteiger partial charge is 0.370 e. The van der Waals surface area contributed by atoms with Gasteiger partial charge < -0.3 is 10.2 Å². The molecule has 1 N–H and O–H groups in total. The summed E-state index contributed by atoms with van der Waals surface area (Å²) in [7, 11) is 0. The molecule has 0 bridgehead atoms. The van der Waals surface area contributed by atoms with Crippen molar-refractivity contribution < 1.29 is 18.0 Å². The number of hydrogen-bond donors (Lipinski definition) is 1. The van der Waals surface area contributed by atoms with Gasteiger partial charge in [0.05, 0.1) is 11.4 Å². The number of alkyl halides is 3. The molecule has 2 aromatic rings. The average Bonchev–Trinajstić information content (AvgIpc) is 2.65. The standard InChI is InChI=1S/C20H24F3N3O/c1-2-6-15-11-18(16-8-3-4-9-17(16)25-15)26-10-5-7-14(12-26)19(27)24-13-20(21,22)23/h3-4,8-9,11,14H,2,5-7,10,12-13H2,1H3,(H,24,27). The zero-order valence-electron chi connectivity index (χ0n) is 15.4. The summed E-state index contributed by atoms with van der Waals surface area (Å²) < 4.78 is 37.2. The molecule has 4 nitrogen and oxygen atoms in total. The van der Waals surface area contributed by atoms with Crippen LogP contribution in [0.1, 0.15) is 31.9 Å². The van der Waals surface area contributed by atoms with Crippen LogP contribution in [0.25, 0.3) is 10.9 Å². The molecule has 27 heavy (non-hydrogen) atoms. The summed E-state index contributed by atoms with van der Waals surface area (Å²) in [5.41, 5.74) is 2.91. The predicted molar refractivity (Wildman–Crippen MR) is 99.7 cm³/mol. The van der Waals surface area contributed by atoms with Gasteiger partial charge in [0.25, 0.3) is 0 Å². The first-order chi connectivity index (χ1) is 12.9. The van der Waals surface area contributed by atoms with E-state index in [1.807, 2.05) is 29.6 Å². The van der Waals surface area contributed by atoms with E-state index in [2.05, 4.69) is 17.9 Å². The highest BCUT2D eigenvalue weighted by Crippen LogP contribution is 2.31. The minimum absolute atomic E-state index is 0.420. The molecule has 0 aliphatic carbocycles. The number of fused-ring (bicyclic) bond motifs is 1. The number of nitrogens with zero attached hydrogens (tertiary/aromatic N) is 2. The van der Waals surface area contributed by atoms with Crippen molar-refractivity contribution in [2.75, 3.05) is 24.5 Å². The summed E-state index contributed by atoms with van der Waals surface area (Å²) in [5.74, 6) is -0.966. The van der Waals surface area contributed by atoms with Gasteiger partial charge in [-0.25, -0.2) is 0 Å². The van der Waals surface area contributed by atoms with Gasteiger partial charge in [-0.15, -0.1) is 0 Å². The van der Waals surface area contributed by atoms with Gasteiger partial charge in [0.1, 0.15) is 6.54 Å². The van der Waals surface area contributed by atoms with Gasteiger partial charge in [0.15, 0.2) is 0 Å². The molecule has 1 aromatic carbocycles. The van der Waals surface area contributed by atoms with Crippen molar-refractivity contribution in [3.05, 3.63) is 36.0 Å². The Kier molecular flexibility index (Phi) is 5.87. The lowest BCUT2D eigenvalue weighted by Gasteiger charge is -2.34. The van der Waals surface area contributed by atoms with E-state index in [0.717, 1.165) is 48.1 Å². The Morgan fingerprint density at radius 1 is 1.33 bits per heavy atom. The molecular weight excluding hydrogens is 355 g/mol. The third kappa shape index (κ3) is 4.90. The average molecular weight is 379 g/mol. The topological polar surface area (TPSA) is 45.2 Å². The minimum atomic E-state index is -4.39. The summed E-state index contributed by atoms with van der Waals surface area (Å²) in [6, 6.07) is 9.92. The molecule has 0 spiro atoms. The molecule has 0 saturated carbocycles. The van der Waals surface area contributed by atoms with Crippen LogP contribution < -0.4 is 10.2 Å². The van der Waals surface area contributed by atoms with Crippen molar-refractivity contribution in [1.29, 1.82) is 0 Å². The molecule has 146 valence electrons. The molecular formula is C20H24F3N3O. The Labute approximate surface area is 156 Å². The maximum absolute atomic E-state index is 12.4. The van der Waals surface area contributed by atoms with Crippen molar-refractivity contribution in [1.82, 2.24) is 10.3 Å². The van der Waals surface area contributed by atoms with Gasteiger partial charge in [-0.2, -0.15) is 13.2 Å². The van der Waals surface area contributed by atoms with Crippen LogP contribution in [0.4, 0.5) is 18.9 Å². The molecule has 1 saturated heterocycles. The number of aromatic nitrogens is 1. The second-order valence-electron chi connectivity index (χ2n) is 7.02. The number of hydrogen-bond acceptors (Lipinski definition) is 3. The lowest BCUT2D eigenvalue weighted by atomic mass is 9.96. The van der Waals surface area contributed by atoms with Crippen molar-refractivity contribution in [3.63, 3.8) is 0 Å². The first-order valence-electron chi connectivity index (χ1n) is 9.35. The number of benzene rings is 1. The van der Waals surface area contributed by atoms with Gasteiger partial charge in [-0.1, -0.05) is 31.5 Å². The first-order valence-corrected chi connectivity index (χ1v) is 9.35. The molecule has 1 aliphatic heterocycles. The molecule has 7 heteroatoms. The second-order valence-corrected chi connectivity index (χ2v) is 7.02. The lowest BCUT2D eigenvalue weighted by Crippen LogP contribution is -2.45. The number of rotatable bonds is 5. The van der Waals surface area contributed by atoms with Crippen LogP contribution in [-0.2, 0) is 11.2 Å². The van der Waals surface area contributed by atoms with Crippen LogP contribution in [0.5, 0.6) is 0 Å². The summed E-state index contributed by atoms with van der Waals surface area (Å²) in [5, 5.41) is 3.04. The number of carbonyl (C=O) groups is 1. The number of para-hydroxylation sites is 1. The molecule has 1 aliphatic rings. The number of carbonyl (C=O) groups excluding carboxylic acids is 1. The normalized spacial score (nSPS) is 17.9. The summed E-state index contributed by atoms with van der Waals surface area (Å²) >= 11 is 0. The van der Waals surface area contributed by atoms with E-state index < -0.39 is 24.5 Å². The SMILES string of the molecule is CCCc1cc(N2CCCC(C(=O)NCC(F)(F)F)C2)c2ccccc2n1. The zero-order valence-corrected chi connectivity index (χ0v) is 15.4. The fourth-order valence-electron chi connectivity index (χ4n) is 3.60. The fourth-order valence-corrected chi connectivity index (χ4v) is 3.60. The molecule has 0 radical (unpaired) electrons. The Hall–Kier alpha value is -2.31. The number of anilines is 1. The highest BCUT2D eigenvalue weighted by atomic mass is 19.4. The number of halogens is 3. The number of nitrogens with one attached hydrogen (secondary N) is 1. The molecule has 1 fully saturated rings. The van der Waals surface area contributed by atoms with Gasteiger partial charge >= 0.3 is 6.18 Å². The van der Waals surface area contributed by atoms with E-state index in [1.165, 1.54) is 0 Å². The quantitative estimate of drug-likeness (QED) is 0.851. The van der Waals surface area contributed by atoms with Gasteiger partial charge in [0, 0.05) is 29.9 Å². The largest absolute Gasteiger partial charge is 0.405 e. The summed E-state index contributed by atoms with van der Waals surface area (Å²) in [4.78, 5) is 19.0. The van der Waals surface area contributed by atoms with Crippen LogP contribution >= 0.6 is 0 Å². The fraction of sp³-hybridized carbons (Fsp3) is 0.500. The minimum Gasteiger partial charge on any atom is -0.370 e. The lowest BCUT2D eigenvalue weighted by molar-refractivity contribution is -0.140. The maximum atomic E-state index is 12.4. The summed E-state index contributed by atoms with van der Waals surface area (Å²) in [6.07, 6.45) is -1.18. The monoisotopic (exact) mass is 379 g/mol. The van der Waals surface area contributed by atoms with Crippen LogP contribution in [0.15, 0.2) is 30.3 Å². The van der Waals surface area contributed by atoms with Crippen molar-refractivity contribution in [2.45, 2.75) is 38.8 Å². The molecule has 1 unspecified atom stereocenters. The number of pyridine rings is 1. The van der Waals surface area contributed by atoms with Crippen molar-refractivity contribution in [2.24, 2.45) is 5.92 Å². The Bertz CT molecular complexity index is 807. The zero-order chi connectivity index (χ0) is 19.4. The first kappa shape index (κ1) is 19.5. The van der Waals surface area contributed by atoms with E-state index in [1.54, 1.807) is 0 Å².